The number of carbonyl (C=O) groups excluding carboxylic acids is 1. The molecule has 2 rings (SSSR count). The first-order valence-corrected chi connectivity index (χ1v) is 13.6. The van der Waals surface area contributed by atoms with E-state index < -0.39 is 26.3 Å². The summed E-state index contributed by atoms with van der Waals surface area (Å²) < 4.78 is 49.7. The predicted octanol–water partition coefficient (Wildman–Crippen LogP) is 6.24. The van der Waals surface area contributed by atoms with Crippen molar-refractivity contribution in [2.24, 2.45) is 10.2 Å². The number of ketones is 1. The van der Waals surface area contributed by atoms with Crippen molar-refractivity contribution in [1.29, 1.82) is 0 Å². The second-order valence-electron chi connectivity index (χ2n) is 6.70. The number of aryl methyl sites for hydroxylation is 1. The second kappa shape index (κ2) is 10.8. The van der Waals surface area contributed by atoms with Crippen molar-refractivity contribution >= 4 is 32.6 Å². The molecule has 0 bridgehead atoms. The quantitative estimate of drug-likeness (QED) is 0.249. The number of hydrogen-bond acceptors (Lipinski definition) is 9. The highest BCUT2D eigenvalue weighted by molar-refractivity contribution is 7.74. The van der Waals surface area contributed by atoms with Crippen LogP contribution in [-0.4, -0.2) is 43.3 Å². The Balaban J connectivity index is 2.58. The third kappa shape index (κ3) is 5.03. The van der Waals surface area contributed by atoms with Gasteiger partial charge in [0.25, 0.3) is 5.02 Å². The van der Waals surface area contributed by atoms with E-state index in [1.807, 2.05) is 0 Å². The highest BCUT2D eigenvalue weighted by Crippen LogP contribution is 2.81. The van der Waals surface area contributed by atoms with Crippen LogP contribution < -0.4 is 0 Å². The molecule has 0 aromatic heterocycles. The molecular formula is C19H29ClN2O7P2. The summed E-state index contributed by atoms with van der Waals surface area (Å²) in [4.78, 5) is 13.2. The molecule has 1 unspecified atom stereocenters. The van der Waals surface area contributed by atoms with Gasteiger partial charge in [-0.2, -0.15) is 10.2 Å². The molecule has 0 saturated carbocycles. The Labute approximate surface area is 187 Å². The fourth-order valence-electron chi connectivity index (χ4n) is 3.38. The molecule has 0 N–H and O–H groups in total. The van der Waals surface area contributed by atoms with Crippen molar-refractivity contribution in [2.45, 2.75) is 52.1 Å². The van der Waals surface area contributed by atoms with Crippen LogP contribution in [0.3, 0.4) is 0 Å². The van der Waals surface area contributed by atoms with E-state index in [9.17, 15) is 13.9 Å². The van der Waals surface area contributed by atoms with E-state index in [1.165, 1.54) is 0 Å². The Kier molecular flexibility index (Phi) is 9.17. The zero-order valence-corrected chi connectivity index (χ0v) is 20.9. The van der Waals surface area contributed by atoms with E-state index in [-0.39, 0.29) is 38.6 Å². The maximum Gasteiger partial charge on any atom is 0.372 e. The Morgan fingerprint density at radius 2 is 1.52 bits per heavy atom. The summed E-state index contributed by atoms with van der Waals surface area (Å²) >= 11 is 5.99. The van der Waals surface area contributed by atoms with Crippen LogP contribution in [0.1, 0.15) is 50.0 Å². The van der Waals surface area contributed by atoms with Gasteiger partial charge in [0.15, 0.2) is 5.78 Å². The molecule has 0 spiro atoms. The van der Waals surface area contributed by atoms with Crippen molar-refractivity contribution in [2.75, 3.05) is 26.4 Å². The van der Waals surface area contributed by atoms with Crippen LogP contribution in [0.15, 0.2) is 28.4 Å². The molecule has 1 aliphatic heterocycles. The number of nitrogens with zero attached hydrogens (tertiary/aromatic N) is 2. The lowest BCUT2D eigenvalue weighted by Gasteiger charge is -2.36. The molecule has 9 nitrogen and oxygen atoms in total. The first-order valence-electron chi connectivity index (χ1n) is 10.1. The molecule has 0 radical (unpaired) electrons. The molecule has 1 atom stereocenters. The Morgan fingerprint density at radius 1 is 1.03 bits per heavy atom. The van der Waals surface area contributed by atoms with Crippen LogP contribution in [0, 0.1) is 6.92 Å². The first-order chi connectivity index (χ1) is 14.6. The average molecular weight is 495 g/mol. The topological polar surface area (TPSA) is 113 Å². The van der Waals surface area contributed by atoms with Crippen molar-refractivity contribution in [3.05, 3.63) is 34.3 Å². The largest absolute Gasteiger partial charge is 0.372 e. The molecule has 0 fully saturated rings. The standard InChI is InChI=1S/C19H29ClN2O7P2/c1-6-26-30(24,27-7-2)19(31(25,28-8-3)29-9-4)13-17(21-22-19)18(23)16-11-10-15(20)12-14(16)5/h10-12,17H,6-9,13H2,1-5H3. The van der Waals surface area contributed by atoms with Gasteiger partial charge in [-0.3, -0.25) is 13.9 Å². The average Bonchev–Trinajstić information content (AvgIpc) is 3.16. The van der Waals surface area contributed by atoms with Crippen molar-refractivity contribution in [1.82, 2.24) is 0 Å². The summed E-state index contributed by atoms with van der Waals surface area (Å²) in [7, 11) is -8.43. The van der Waals surface area contributed by atoms with Crippen molar-refractivity contribution in [3.63, 3.8) is 0 Å². The molecule has 31 heavy (non-hydrogen) atoms. The minimum absolute atomic E-state index is 0.00169. The van der Waals surface area contributed by atoms with Gasteiger partial charge in [0.05, 0.1) is 26.4 Å². The summed E-state index contributed by atoms with van der Waals surface area (Å²) in [6.07, 6.45) is -0.303. The molecule has 174 valence electrons. The van der Waals surface area contributed by atoms with Crippen LogP contribution in [-0.2, 0) is 27.2 Å². The third-order valence-corrected chi connectivity index (χ3v) is 11.1. The summed E-state index contributed by atoms with van der Waals surface area (Å²) in [5, 5.41) is 6.59. The molecule has 0 amide bonds. The normalized spacial score (nSPS) is 18.5. The number of benzene rings is 1. The summed E-state index contributed by atoms with van der Waals surface area (Å²) in [6, 6.07) is 3.77. The smallest absolute Gasteiger partial charge is 0.307 e. The zero-order chi connectivity index (χ0) is 23.3. The van der Waals surface area contributed by atoms with Crippen LogP contribution >= 0.6 is 26.8 Å². The SMILES string of the molecule is CCOP(=O)(OCC)C1(P(=O)(OCC)OCC)CC(C(=O)c2ccc(Cl)cc2C)N=N1. The lowest BCUT2D eigenvalue weighted by Crippen LogP contribution is -2.33. The number of carbonyl (C=O) groups is 1. The van der Waals surface area contributed by atoms with Gasteiger partial charge in [-0.25, -0.2) is 0 Å². The fraction of sp³-hybridized carbons (Fsp3) is 0.632. The molecule has 1 heterocycles. The van der Waals surface area contributed by atoms with E-state index in [0.29, 0.717) is 16.1 Å². The molecular weight excluding hydrogens is 466 g/mol. The summed E-state index contributed by atoms with van der Waals surface area (Å²) in [5.74, 6) is -0.376. The van der Waals surface area contributed by atoms with Gasteiger partial charge in [-0.1, -0.05) is 11.6 Å². The minimum atomic E-state index is -4.21. The van der Waals surface area contributed by atoms with Crippen molar-refractivity contribution < 1.29 is 32.0 Å². The molecule has 1 aromatic carbocycles. The number of rotatable bonds is 12. The number of azo groups is 1. The monoisotopic (exact) mass is 494 g/mol. The Bertz CT molecular complexity index is 875. The van der Waals surface area contributed by atoms with E-state index in [0.717, 1.165) is 0 Å². The number of hydrogen-bond donors (Lipinski definition) is 0. The Morgan fingerprint density at radius 3 is 1.94 bits per heavy atom. The van der Waals surface area contributed by atoms with Gasteiger partial charge in [-0.15, -0.1) is 0 Å². The van der Waals surface area contributed by atoms with Crippen LogP contribution in [0.5, 0.6) is 0 Å². The lowest BCUT2D eigenvalue weighted by molar-refractivity contribution is 0.0959. The van der Waals surface area contributed by atoms with E-state index in [1.54, 1.807) is 52.8 Å². The van der Waals surface area contributed by atoms with Gasteiger partial charge >= 0.3 is 15.2 Å². The number of halogens is 1. The van der Waals surface area contributed by atoms with E-state index >= 15 is 0 Å². The lowest BCUT2D eigenvalue weighted by atomic mass is 9.98. The van der Waals surface area contributed by atoms with Crippen LogP contribution in [0.4, 0.5) is 0 Å². The third-order valence-electron chi connectivity index (χ3n) is 4.65. The molecule has 1 aromatic rings. The Hall–Kier alpha value is -0.920. The van der Waals surface area contributed by atoms with Crippen LogP contribution in [0.2, 0.25) is 5.02 Å². The minimum Gasteiger partial charge on any atom is -0.307 e. The van der Waals surface area contributed by atoms with E-state index in [2.05, 4.69) is 10.2 Å². The molecule has 1 aliphatic rings. The highest BCUT2D eigenvalue weighted by atomic mass is 35.5. The van der Waals surface area contributed by atoms with Gasteiger partial charge in [0.1, 0.15) is 6.04 Å². The van der Waals surface area contributed by atoms with E-state index in [4.69, 9.17) is 29.7 Å². The summed E-state index contributed by atoms with van der Waals surface area (Å²) in [6.45, 7) is 8.24. The fourth-order valence-corrected chi connectivity index (χ4v) is 8.95. The van der Waals surface area contributed by atoms with Gasteiger partial charge in [0, 0.05) is 17.0 Å². The maximum absolute atomic E-state index is 13.9. The first kappa shape index (κ1) is 26.3. The highest BCUT2D eigenvalue weighted by Gasteiger charge is 2.69. The van der Waals surface area contributed by atoms with Gasteiger partial charge < -0.3 is 18.1 Å². The summed E-state index contributed by atoms with van der Waals surface area (Å²) in [5.41, 5.74) is 1.04. The molecule has 0 aliphatic carbocycles. The van der Waals surface area contributed by atoms with Gasteiger partial charge in [-0.05, 0) is 58.4 Å². The molecule has 12 heteroatoms. The zero-order valence-electron chi connectivity index (χ0n) is 18.4. The predicted molar refractivity (Wildman–Crippen MR) is 118 cm³/mol. The molecule has 0 saturated heterocycles. The van der Waals surface area contributed by atoms with Crippen molar-refractivity contribution in [3.8, 4) is 0 Å². The second-order valence-corrected chi connectivity index (χ2v) is 12.0. The van der Waals surface area contributed by atoms with Gasteiger partial charge in [0.2, 0.25) is 0 Å². The van der Waals surface area contributed by atoms with Crippen LogP contribution in [0.25, 0.3) is 0 Å². The number of Topliss-reactive ketones (excluding diaryl/α,β-unsaturated/α-hetero) is 1. The maximum atomic E-state index is 13.9.